The molecule has 110 valence electrons. The van der Waals surface area contributed by atoms with Gasteiger partial charge in [0, 0.05) is 0 Å². The van der Waals surface area contributed by atoms with Crippen LogP contribution in [0.5, 0.6) is 11.5 Å². The minimum atomic E-state index is 0.580. The highest BCUT2D eigenvalue weighted by atomic mass is 16.6. The molecule has 1 fully saturated rings. The topological polar surface area (TPSA) is 44.5 Å². The molecule has 1 heterocycles. The molecule has 2 aliphatic rings. The van der Waals surface area contributed by atoms with E-state index in [9.17, 15) is 0 Å². The first-order valence-electron chi connectivity index (χ1n) is 7.98. The first-order valence-corrected chi connectivity index (χ1v) is 7.98. The van der Waals surface area contributed by atoms with E-state index in [2.05, 4.69) is 18.2 Å². The third-order valence-electron chi connectivity index (χ3n) is 4.69. The maximum absolute atomic E-state index is 5.86. The number of rotatable bonds is 4. The maximum atomic E-state index is 5.86. The summed E-state index contributed by atoms with van der Waals surface area (Å²) in [4.78, 5) is 0. The van der Waals surface area contributed by atoms with Crippen molar-refractivity contribution in [3.05, 3.63) is 23.8 Å². The molecule has 3 heteroatoms. The van der Waals surface area contributed by atoms with E-state index in [-0.39, 0.29) is 0 Å². The summed E-state index contributed by atoms with van der Waals surface area (Å²) in [6.45, 7) is 2.07. The summed E-state index contributed by atoms with van der Waals surface area (Å²) < 4.78 is 11.3. The van der Waals surface area contributed by atoms with Crippen LogP contribution >= 0.6 is 0 Å². The Hall–Kier alpha value is -1.22. The molecule has 1 atom stereocenters. The van der Waals surface area contributed by atoms with Crippen molar-refractivity contribution < 1.29 is 9.47 Å². The van der Waals surface area contributed by atoms with E-state index >= 15 is 0 Å². The van der Waals surface area contributed by atoms with E-state index in [1.54, 1.807) is 0 Å². The molecule has 0 saturated heterocycles. The Morgan fingerprint density at radius 2 is 1.80 bits per heavy atom. The van der Waals surface area contributed by atoms with E-state index in [1.807, 2.05) is 0 Å². The number of nitrogens with two attached hydrogens (primary N) is 1. The average Bonchev–Trinajstić information content (AvgIpc) is 2.53. The molecule has 3 rings (SSSR count). The molecule has 0 radical (unpaired) electrons. The summed E-state index contributed by atoms with van der Waals surface area (Å²) in [6, 6.07) is 6.46. The molecule has 1 unspecified atom stereocenters. The molecule has 1 aromatic rings. The van der Waals surface area contributed by atoms with Crippen molar-refractivity contribution in [3.8, 4) is 11.5 Å². The molecular weight excluding hydrogens is 250 g/mol. The summed E-state index contributed by atoms with van der Waals surface area (Å²) >= 11 is 0. The van der Waals surface area contributed by atoms with Gasteiger partial charge in [-0.25, -0.2) is 0 Å². The predicted molar refractivity (Wildman–Crippen MR) is 80.4 cm³/mol. The fourth-order valence-electron chi connectivity index (χ4n) is 3.68. The van der Waals surface area contributed by atoms with Crippen LogP contribution in [0.2, 0.25) is 0 Å². The zero-order chi connectivity index (χ0) is 13.8. The van der Waals surface area contributed by atoms with Crippen molar-refractivity contribution in [2.75, 3.05) is 19.8 Å². The fraction of sp³-hybridized carbons (Fsp3) is 0.647. The third kappa shape index (κ3) is 2.93. The van der Waals surface area contributed by atoms with Crippen LogP contribution in [0.25, 0.3) is 0 Å². The maximum Gasteiger partial charge on any atom is 0.161 e. The molecule has 1 saturated carbocycles. The first kappa shape index (κ1) is 13.7. The zero-order valence-electron chi connectivity index (χ0n) is 12.1. The van der Waals surface area contributed by atoms with E-state index in [0.717, 1.165) is 30.4 Å². The van der Waals surface area contributed by atoms with Gasteiger partial charge < -0.3 is 15.2 Å². The Labute approximate surface area is 121 Å². The lowest BCUT2D eigenvalue weighted by atomic mass is 9.75. The molecule has 2 N–H and O–H groups in total. The molecule has 0 amide bonds. The minimum absolute atomic E-state index is 0.580. The number of ether oxygens (including phenoxy) is 2. The molecule has 3 nitrogen and oxygen atoms in total. The van der Waals surface area contributed by atoms with Crippen molar-refractivity contribution >= 4 is 0 Å². The van der Waals surface area contributed by atoms with Gasteiger partial charge in [-0.05, 0) is 55.3 Å². The largest absolute Gasteiger partial charge is 0.486 e. The summed E-state index contributed by atoms with van der Waals surface area (Å²) in [5, 5.41) is 0. The normalized spacial score (nSPS) is 20.6. The lowest BCUT2D eigenvalue weighted by Crippen LogP contribution is -2.20. The van der Waals surface area contributed by atoms with Crippen molar-refractivity contribution in [2.45, 2.75) is 44.4 Å². The van der Waals surface area contributed by atoms with Crippen molar-refractivity contribution in [3.63, 3.8) is 0 Å². The Balaban J connectivity index is 1.82. The summed E-state index contributed by atoms with van der Waals surface area (Å²) in [6.07, 6.45) is 7.90. The van der Waals surface area contributed by atoms with Crippen LogP contribution in [0.1, 0.15) is 50.0 Å². The Kier molecular flexibility index (Phi) is 4.46. The van der Waals surface area contributed by atoms with Gasteiger partial charge >= 0.3 is 0 Å². The van der Waals surface area contributed by atoms with Gasteiger partial charge in [0.25, 0.3) is 0 Å². The lowest BCUT2D eigenvalue weighted by molar-refractivity contribution is 0.171. The number of fused-ring (bicyclic) bond motifs is 1. The fourth-order valence-corrected chi connectivity index (χ4v) is 3.68. The van der Waals surface area contributed by atoms with E-state index in [1.165, 1.54) is 37.7 Å². The Morgan fingerprint density at radius 3 is 2.55 bits per heavy atom. The van der Waals surface area contributed by atoms with Gasteiger partial charge in [-0.15, -0.1) is 0 Å². The number of hydrogen-bond acceptors (Lipinski definition) is 3. The summed E-state index contributed by atoms with van der Waals surface area (Å²) in [5.41, 5.74) is 7.24. The smallest absolute Gasteiger partial charge is 0.161 e. The Bertz CT molecular complexity index is 441. The van der Waals surface area contributed by atoms with Crippen molar-refractivity contribution in [1.29, 1.82) is 0 Å². The van der Waals surface area contributed by atoms with Gasteiger partial charge in [0.1, 0.15) is 13.2 Å². The second kappa shape index (κ2) is 6.49. The van der Waals surface area contributed by atoms with Gasteiger partial charge in [0.15, 0.2) is 11.5 Å². The van der Waals surface area contributed by atoms with Crippen molar-refractivity contribution in [1.82, 2.24) is 0 Å². The third-order valence-corrected chi connectivity index (χ3v) is 4.69. The standard InChI is InChI=1S/C17H25NO2/c18-9-8-15(13-4-2-1-3-5-13)14-6-7-16-17(12-14)20-11-10-19-16/h6-7,12-13,15H,1-5,8-11,18H2. The predicted octanol–water partition coefficient (Wildman–Crippen LogP) is 3.47. The van der Waals surface area contributed by atoms with Gasteiger partial charge in [0.2, 0.25) is 0 Å². The molecule has 20 heavy (non-hydrogen) atoms. The molecule has 0 aromatic heterocycles. The zero-order valence-corrected chi connectivity index (χ0v) is 12.1. The molecule has 1 aliphatic carbocycles. The second-order valence-corrected chi connectivity index (χ2v) is 5.99. The van der Waals surface area contributed by atoms with E-state index in [0.29, 0.717) is 19.1 Å². The molecular formula is C17H25NO2. The summed E-state index contributed by atoms with van der Waals surface area (Å²) in [7, 11) is 0. The Morgan fingerprint density at radius 1 is 1.05 bits per heavy atom. The minimum Gasteiger partial charge on any atom is -0.486 e. The highest BCUT2D eigenvalue weighted by Crippen LogP contribution is 2.41. The van der Waals surface area contributed by atoms with Crippen LogP contribution in [0.3, 0.4) is 0 Å². The van der Waals surface area contributed by atoms with Gasteiger partial charge in [-0.3, -0.25) is 0 Å². The highest BCUT2D eigenvalue weighted by molar-refractivity contribution is 5.45. The van der Waals surface area contributed by atoms with Gasteiger partial charge in [-0.2, -0.15) is 0 Å². The van der Waals surface area contributed by atoms with Gasteiger partial charge in [0.05, 0.1) is 0 Å². The van der Waals surface area contributed by atoms with Crippen LogP contribution in [-0.4, -0.2) is 19.8 Å². The highest BCUT2D eigenvalue weighted by Gasteiger charge is 2.25. The van der Waals surface area contributed by atoms with E-state index < -0.39 is 0 Å². The second-order valence-electron chi connectivity index (χ2n) is 5.99. The number of hydrogen-bond donors (Lipinski definition) is 1. The monoisotopic (exact) mass is 275 g/mol. The molecule has 0 spiro atoms. The molecule has 1 aromatic carbocycles. The van der Waals surface area contributed by atoms with E-state index in [4.69, 9.17) is 15.2 Å². The van der Waals surface area contributed by atoms with Gasteiger partial charge in [-0.1, -0.05) is 25.3 Å². The number of benzene rings is 1. The average molecular weight is 275 g/mol. The van der Waals surface area contributed by atoms with Crippen LogP contribution in [0, 0.1) is 5.92 Å². The summed E-state index contributed by atoms with van der Waals surface area (Å²) in [5.74, 6) is 3.16. The lowest BCUT2D eigenvalue weighted by Gasteiger charge is -2.31. The SMILES string of the molecule is NCCC(c1ccc2c(c1)OCCO2)C1CCCCC1. The van der Waals surface area contributed by atoms with Crippen LogP contribution < -0.4 is 15.2 Å². The first-order chi connectivity index (χ1) is 9.88. The van der Waals surface area contributed by atoms with Crippen LogP contribution in [0.15, 0.2) is 18.2 Å². The van der Waals surface area contributed by atoms with Crippen LogP contribution in [-0.2, 0) is 0 Å². The van der Waals surface area contributed by atoms with Crippen molar-refractivity contribution in [2.24, 2.45) is 11.7 Å². The quantitative estimate of drug-likeness (QED) is 0.915. The molecule has 0 bridgehead atoms. The van der Waals surface area contributed by atoms with Crippen LogP contribution in [0.4, 0.5) is 0 Å². The molecule has 1 aliphatic heterocycles.